The Morgan fingerprint density at radius 1 is 1.33 bits per heavy atom. The van der Waals surface area contributed by atoms with Gasteiger partial charge in [-0.1, -0.05) is 19.8 Å². The van der Waals surface area contributed by atoms with Gasteiger partial charge < -0.3 is 5.32 Å². The van der Waals surface area contributed by atoms with Gasteiger partial charge in [-0.3, -0.25) is 10.1 Å². The van der Waals surface area contributed by atoms with Gasteiger partial charge in [-0.05, 0) is 18.3 Å². The van der Waals surface area contributed by atoms with Crippen LogP contribution in [0.2, 0.25) is 0 Å². The molecule has 0 atom stereocenters. The van der Waals surface area contributed by atoms with Gasteiger partial charge in [-0.15, -0.1) is 11.6 Å². The minimum absolute atomic E-state index is 0.190. The molecule has 0 heterocycles. The largest absolute Gasteiger partial charge is 0.337 e. The summed E-state index contributed by atoms with van der Waals surface area (Å²) in [6.07, 6.45) is 4.72. The Balaban J connectivity index is 2.24. The highest BCUT2D eigenvalue weighted by molar-refractivity contribution is 6.28. The predicted octanol–water partition coefficient (Wildman–Crippen LogP) is 1.63. The fourth-order valence-electron chi connectivity index (χ4n) is 1.90. The number of nitrogens with one attached hydrogen (secondary N) is 2. The maximum atomic E-state index is 11.2. The van der Waals surface area contributed by atoms with E-state index in [2.05, 4.69) is 17.6 Å². The molecule has 2 N–H and O–H groups in total. The Morgan fingerprint density at radius 2 is 1.93 bits per heavy atom. The second-order valence-electron chi connectivity index (χ2n) is 4.38. The zero-order valence-electron chi connectivity index (χ0n) is 8.94. The van der Waals surface area contributed by atoms with E-state index >= 15 is 0 Å². The monoisotopic (exact) mass is 232 g/mol. The Kier molecular flexibility index (Phi) is 4.39. The van der Waals surface area contributed by atoms with Crippen molar-refractivity contribution in [2.45, 2.75) is 32.6 Å². The maximum absolute atomic E-state index is 11.2. The first-order valence-electron chi connectivity index (χ1n) is 5.19. The van der Waals surface area contributed by atoms with E-state index in [1.165, 1.54) is 12.8 Å². The highest BCUT2D eigenvalue weighted by Crippen LogP contribution is 2.36. The number of rotatable bonds is 3. The molecule has 1 rings (SSSR count). The summed E-state index contributed by atoms with van der Waals surface area (Å²) >= 11 is 5.26. The van der Waals surface area contributed by atoms with Gasteiger partial charge in [0.05, 0.1) is 0 Å². The molecule has 0 aromatic heterocycles. The van der Waals surface area contributed by atoms with Crippen molar-refractivity contribution < 1.29 is 9.59 Å². The molecule has 1 aliphatic carbocycles. The van der Waals surface area contributed by atoms with Gasteiger partial charge in [0.1, 0.15) is 5.88 Å². The van der Waals surface area contributed by atoms with Gasteiger partial charge in [-0.25, -0.2) is 4.79 Å². The molecule has 15 heavy (non-hydrogen) atoms. The van der Waals surface area contributed by atoms with Crippen LogP contribution in [0.15, 0.2) is 0 Å². The molecule has 0 radical (unpaired) electrons. The first-order valence-corrected chi connectivity index (χ1v) is 5.73. The van der Waals surface area contributed by atoms with Gasteiger partial charge in [0.15, 0.2) is 0 Å². The fraction of sp³-hybridized carbons (Fsp3) is 0.800. The number of amides is 3. The van der Waals surface area contributed by atoms with Gasteiger partial charge in [0, 0.05) is 6.54 Å². The summed E-state index contributed by atoms with van der Waals surface area (Å²) in [4.78, 5) is 22.0. The Morgan fingerprint density at radius 3 is 2.47 bits per heavy atom. The second-order valence-corrected chi connectivity index (χ2v) is 4.65. The number of halogens is 1. The molecular formula is C10H17ClN2O2. The average molecular weight is 233 g/mol. The minimum atomic E-state index is -0.467. The van der Waals surface area contributed by atoms with Crippen LogP contribution in [-0.4, -0.2) is 24.4 Å². The third kappa shape index (κ3) is 4.08. The van der Waals surface area contributed by atoms with E-state index in [9.17, 15) is 9.59 Å². The van der Waals surface area contributed by atoms with Crippen LogP contribution in [0.4, 0.5) is 4.79 Å². The molecule has 3 amide bonds. The van der Waals surface area contributed by atoms with E-state index in [1.807, 2.05) is 0 Å². The molecular weight excluding hydrogens is 216 g/mol. The van der Waals surface area contributed by atoms with Crippen molar-refractivity contribution in [3.8, 4) is 0 Å². The molecule has 0 aromatic carbocycles. The quantitative estimate of drug-likeness (QED) is 0.727. The highest BCUT2D eigenvalue weighted by Gasteiger charge is 2.28. The van der Waals surface area contributed by atoms with Gasteiger partial charge in [-0.2, -0.15) is 0 Å². The van der Waals surface area contributed by atoms with E-state index in [4.69, 9.17) is 11.6 Å². The van der Waals surface area contributed by atoms with Crippen LogP contribution in [0.5, 0.6) is 0 Å². The average Bonchev–Trinajstić information content (AvgIpc) is 2.63. The van der Waals surface area contributed by atoms with E-state index in [1.54, 1.807) is 0 Å². The van der Waals surface area contributed by atoms with E-state index in [-0.39, 0.29) is 11.3 Å². The van der Waals surface area contributed by atoms with Gasteiger partial charge in [0.25, 0.3) is 0 Å². The first-order chi connectivity index (χ1) is 7.06. The molecule has 1 saturated carbocycles. The number of carbonyl (C=O) groups excluding carboxylic acids is 2. The maximum Gasteiger partial charge on any atom is 0.321 e. The summed E-state index contributed by atoms with van der Waals surface area (Å²) in [6, 6.07) is -0.450. The Labute approximate surface area is 94.7 Å². The number of carbonyl (C=O) groups is 2. The molecule has 0 spiro atoms. The van der Waals surface area contributed by atoms with Crippen molar-refractivity contribution in [3.05, 3.63) is 0 Å². The summed E-state index contributed by atoms with van der Waals surface area (Å²) < 4.78 is 0. The van der Waals surface area contributed by atoms with Crippen LogP contribution in [0.25, 0.3) is 0 Å². The van der Waals surface area contributed by atoms with E-state index < -0.39 is 11.9 Å². The normalized spacial score (nSPS) is 18.5. The molecule has 0 saturated heterocycles. The summed E-state index contributed by atoms with van der Waals surface area (Å²) in [5.41, 5.74) is 0.196. The van der Waals surface area contributed by atoms with Crippen molar-refractivity contribution in [1.29, 1.82) is 0 Å². The zero-order chi connectivity index (χ0) is 11.3. The van der Waals surface area contributed by atoms with E-state index in [0.717, 1.165) is 12.8 Å². The molecule has 86 valence electrons. The van der Waals surface area contributed by atoms with Crippen LogP contribution in [-0.2, 0) is 4.79 Å². The van der Waals surface area contributed by atoms with Crippen LogP contribution in [0.1, 0.15) is 32.6 Å². The van der Waals surface area contributed by atoms with E-state index in [0.29, 0.717) is 6.54 Å². The molecule has 0 aromatic rings. The summed E-state index contributed by atoms with van der Waals surface area (Å²) in [7, 11) is 0. The molecule has 0 aliphatic heterocycles. The Hall–Kier alpha value is -0.770. The summed E-state index contributed by atoms with van der Waals surface area (Å²) in [6.45, 7) is 2.78. The summed E-state index contributed by atoms with van der Waals surface area (Å²) in [5.74, 6) is -0.657. The van der Waals surface area contributed by atoms with Gasteiger partial charge in [0.2, 0.25) is 5.91 Å². The number of hydrogen-bond acceptors (Lipinski definition) is 2. The molecule has 0 unspecified atom stereocenters. The SMILES string of the molecule is CC1(CNC(=O)NC(=O)CCl)CCCC1. The lowest BCUT2D eigenvalue weighted by molar-refractivity contribution is -0.117. The van der Waals surface area contributed by atoms with Crippen molar-refractivity contribution in [1.82, 2.24) is 10.6 Å². The molecule has 1 fully saturated rings. The third-order valence-corrected chi connectivity index (χ3v) is 3.10. The number of imide groups is 1. The molecule has 4 nitrogen and oxygen atoms in total. The number of alkyl halides is 1. The van der Waals surface area contributed by atoms with Crippen molar-refractivity contribution in [2.24, 2.45) is 5.41 Å². The van der Waals surface area contributed by atoms with Crippen molar-refractivity contribution >= 4 is 23.5 Å². The van der Waals surface area contributed by atoms with Crippen LogP contribution in [0, 0.1) is 5.41 Å². The smallest absolute Gasteiger partial charge is 0.321 e. The molecule has 0 bridgehead atoms. The number of urea groups is 1. The van der Waals surface area contributed by atoms with Crippen LogP contribution in [0.3, 0.4) is 0 Å². The Bertz CT molecular complexity index is 250. The standard InChI is InChI=1S/C10H17ClN2O2/c1-10(4-2-3-5-10)7-12-9(15)13-8(14)6-11/h2-7H2,1H3,(H2,12,13,14,15). The van der Waals surface area contributed by atoms with Crippen LogP contribution >= 0.6 is 11.6 Å². The molecule has 1 aliphatic rings. The minimum Gasteiger partial charge on any atom is -0.337 e. The predicted molar refractivity (Wildman–Crippen MR) is 58.8 cm³/mol. The zero-order valence-corrected chi connectivity index (χ0v) is 9.69. The lowest BCUT2D eigenvalue weighted by Gasteiger charge is -2.23. The number of hydrogen-bond donors (Lipinski definition) is 2. The van der Waals surface area contributed by atoms with Crippen LogP contribution < -0.4 is 10.6 Å². The lowest BCUT2D eigenvalue weighted by Crippen LogP contribution is -2.43. The lowest BCUT2D eigenvalue weighted by atomic mass is 9.89. The second kappa shape index (κ2) is 5.35. The van der Waals surface area contributed by atoms with Crippen molar-refractivity contribution in [2.75, 3.05) is 12.4 Å². The summed E-state index contributed by atoms with van der Waals surface area (Å²) in [5, 5.41) is 4.85. The fourth-order valence-corrected chi connectivity index (χ4v) is 1.97. The highest BCUT2D eigenvalue weighted by atomic mass is 35.5. The topological polar surface area (TPSA) is 58.2 Å². The van der Waals surface area contributed by atoms with Crippen molar-refractivity contribution in [3.63, 3.8) is 0 Å². The molecule has 5 heteroatoms. The van der Waals surface area contributed by atoms with Gasteiger partial charge >= 0.3 is 6.03 Å². The first kappa shape index (κ1) is 12.3. The third-order valence-electron chi connectivity index (χ3n) is 2.86.